The van der Waals surface area contributed by atoms with E-state index in [4.69, 9.17) is 9.97 Å². The van der Waals surface area contributed by atoms with Gasteiger partial charge >= 0.3 is 0 Å². The third kappa shape index (κ3) is 5.11. The first kappa shape index (κ1) is 29.9. The number of hydrogen-bond donors (Lipinski definition) is 0. The fraction of sp³-hybridized carbons (Fsp3) is 0.130. The molecule has 0 N–H and O–H groups in total. The fourth-order valence-electron chi connectivity index (χ4n) is 8.23. The Morgan fingerprint density at radius 3 is 2.02 bits per heavy atom. The Bertz CT molecular complexity index is 2400. The van der Waals surface area contributed by atoms with Crippen molar-refractivity contribution in [2.24, 2.45) is 0 Å². The van der Waals surface area contributed by atoms with Crippen molar-refractivity contribution in [1.29, 1.82) is 5.26 Å². The molecule has 1 saturated carbocycles. The lowest BCUT2D eigenvalue weighted by Crippen LogP contribution is -2.28. The fourth-order valence-corrected chi connectivity index (χ4v) is 8.23. The van der Waals surface area contributed by atoms with Crippen LogP contribution in [0.5, 0.6) is 0 Å². The Labute approximate surface area is 292 Å². The van der Waals surface area contributed by atoms with Gasteiger partial charge in [-0.05, 0) is 87.7 Å². The van der Waals surface area contributed by atoms with E-state index in [1.165, 1.54) is 47.1 Å². The van der Waals surface area contributed by atoms with Crippen LogP contribution >= 0.6 is 0 Å². The average molecular weight is 643 g/mol. The molecule has 7 aromatic rings. The van der Waals surface area contributed by atoms with Gasteiger partial charge in [0.05, 0.1) is 23.0 Å². The van der Waals surface area contributed by atoms with E-state index >= 15 is 0 Å². The molecule has 0 saturated heterocycles. The number of fused-ring (bicyclic) bond motifs is 5. The predicted molar refractivity (Wildman–Crippen MR) is 201 cm³/mol. The zero-order chi connectivity index (χ0) is 33.5. The van der Waals surface area contributed by atoms with E-state index in [9.17, 15) is 5.26 Å². The summed E-state index contributed by atoms with van der Waals surface area (Å²) in [6.45, 7) is 0. The highest BCUT2D eigenvalue weighted by molar-refractivity contribution is 5.94. The molecule has 2 heterocycles. The lowest BCUT2D eigenvalue weighted by molar-refractivity contribution is 0.353. The molecule has 5 aromatic carbocycles. The van der Waals surface area contributed by atoms with Crippen molar-refractivity contribution < 1.29 is 0 Å². The molecule has 0 amide bonds. The zero-order valence-corrected chi connectivity index (χ0v) is 27.7. The second-order valence-corrected chi connectivity index (χ2v) is 13.5. The van der Waals surface area contributed by atoms with Crippen LogP contribution in [0.4, 0.5) is 0 Å². The third-order valence-corrected chi connectivity index (χ3v) is 10.6. The van der Waals surface area contributed by atoms with Crippen molar-refractivity contribution in [3.8, 4) is 73.4 Å². The molecular weight excluding hydrogens is 609 g/mol. The molecule has 2 aliphatic rings. The second kappa shape index (κ2) is 12.4. The summed E-state index contributed by atoms with van der Waals surface area (Å²) in [5, 5.41) is 9.88. The summed E-state index contributed by atoms with van der Waals surface area (Å²) in [4.78, 5) is 14.5. The van der Waals surface area contributed by atoms with E-state index in [-0.39, 0.29) is 5.41 Å². The van der Waals surface area contributed by atoms with Gasteiger partial charge in [0.1, 0.15) is 0 Å². The SMILES string of the molecule is N#Cc1ccc2c(c1)-c1c(-c3cccc(-c4cc(-c5ccc(-c6cccnc6)cc5)nc(-c5ccccc5)n4)c3)cccc1C21CCCCC1. The summed E-state index contributed by atoms with van der Waals surface area (Å²) in [5.41, 5.74) is 15.3. The second-order valence-electron chi connectivity index (χ2n) is 13.5. The molecule has 0 atom stereocenters. The van der Waals surface area contributed by atoms with Gasteiger partial charge in [-0.25, -0.2) is 9.97 Å². The molecule has 0 aliphatic heterocycles. The van der Waals surface area contributed by atoms with Gasteiger partial charge in [0.15, 0.2) is 5.82 Å². The van der Waals surface area contributed by atoms with Gasteiger partial charge in [0.2, 0.25) is 0 Å². The smallest absolute Gasteiger partial charge is 0.160 e. The molecule has 238 valence electrons. The van der Waals surface area contributed by atoms with E-state index < -0.39 is 0 Å². The maximum absolute atomic E-state index is 9.88. The Hall–Kier alpha value is -6.18. The highest BCUT2D eigenvalue weighted by Crippen LogP contribution is 2.58. The lowest BCUT2D eigenvalue weighted by atomic mass is 9.67. The minimum atomic E-state index is 0.0171. The van der Waals surface area contributed by atoms with Gasteiger partial charge in [-0.1, -0.05) is 122 Å². The van der Waals surface area contributed by atoms with Gasteiger partial charge in [0, 0.05) is 34.5 Å². The van der Waals surface area contributed by atoms with E-state index in [1.807, 2.05) is 36.5 Å². The minimum absolute atomic E-state index is 0.0171. The summed E-state index contributed by atoms with van der Waals surface area (Å²) in [7, 11) is 0. The number of benzene rings is 5. The number of nitriles is 1. The Balaban J connectivity index is 1.17. The zero-order valence-electron chi connectivity index (χ0n) is 27.7. The average Bonchev–Trinajstić information content (AvgIpc) is 3.46. The van der Waals surface area contributed by atoms with Crippen molar-refractivity contribution in [2.45, 2.75) is 37.5 Å². The molecule has 4 nitrogen and oxygen atoms in total. The molecule has 1 fully saturated rings. The van der Waals surface area contributed by atoms with Crippen LogP contribution in [0.25, 0.3) is 67.3 Å². The highest BCUT2D eigenvalue weighted by Gasteiger charge is 2.44. The van der Waals surface area contributed by atoms with E-state index in [0.717, 1.165) is 57.6 Å². The normalized spacial score (nSPS) is 14.1. The predicted octanol–water partition coefficient (Wildman–Crippen LogP) is 11.3. The van der Waals surface area contributed by atoms with Crippen molar-refractivity contribution >= 4 is 0 Å². The molecule has 4 heteroatoms. The third-order valence-electron chi connectivity index (χ3n) is 10.6. The Kier molecular flexibility index (Phi) is 7.40. The van der Waals surface area contributed by atoms with Gasteiger partial charge in [-0.15, -0.1) is 0 Å². The van der Waals surface area contributed by atoms with Crippen LogP contribution in [0.2, 0.25) is 0 Å². The minimum Gasteiger partial charge on any atom is -0.264 e. The van der Waals surface area contributed by atoms with Gasteiger partial charge in [0.25, 0.3) is 0 Å². The van der Waals surface area contributed by atoms with Crippen LogP contribution in [-0.2, 0) is 5.41 Å². The molecule has 2 aliphatic carbocycles. The monoisotopic (exact) mass is 642 g/mol. The Morgan fingerprint density at radius 2 is 1.24 bits per heavy atom. The van der Waals surface area contributed by atoms with Gasteiger partial charge in [-0.2, -0.15) is 5.26 Å². The quantitative estimate of drug-likeness (QED) is 0.187. The molecule has 1 spiro atoms. The van der Waals surface area contributed by atoms with Gasteiger partial charge in [-0.3, -0.25) is 4.98 Å². The van der Waals surface area contributed by atoms with Gasteiger partial charge < -0.3 is 0 Å². The molecule has 0 radical (unpaired) electrons. The summed E-state index contributed by atoms with van der Waals surface area (Å²) in [6.07, 6.45) is 9.72. The number of nitrogens with zero attached hydrogens (tertiary/aromatic N) is 4. The first-order valence-corrected chi connectivity index (χ1v) is 17.4. The van der Waals surface area contributed by atoms with Crippen molar-refractivity contribution in [3.63, 3.8) is 0 Å². The van der Waals surface area contributed by atoms with Crippen molar-refractivity contribution in [2.75, 3.05) is 0 Å². The first-order valence-electron chi connectivity index (χ1n) is 17.4. The summed E-state index contributed by atoms with van der Waals surface area (Å²) in [5.74, 6) is 0.692. The number of hydrogen-bond acceptors (Lipinski definition) is 4. The molecule has 50 heavy (non-hydrogen) atoms. The summed E-state index contributed by atoms with van der Waals surface area (Å²) in [6, 6.07) is 49.1. The maximum Gasteiger partial charge on any atom is 0.160 e. The standard InChI is InChI=1S/C46H34N4/c47-29-31-17-22-40-39(26-31)44-38(15-8-16-41(44)46(40)23-5-2-6-24-46)35-12-7-13-36(27-35)43-28-42(49-45(50-43)34-10-3-1-4-11-34)33-20-18-32(19-21-33)37-14-9-25-48-30-37/h1,3-4,7-22,25-28,30H,2,5-6,23-24H2. The molecule has 9 rings (SSSR count). The molecular formula is C46H34N4. The van der Waals surface area contributed by atoms with Crippen molar-refractivity contribution in [3.05, 3.63) is 163 Å². The number of rotatable bonds is 5. The van der Waals surface area contributed by atoms with E-state index in [0.29, 0.717) is 11.4 Å². The lowest BCUT2D eigenvalue weighted by Gasteiger charge is -2.36. The topological polar surface area (TPSA) is 62.5 Å². The summed E-state index contributed by atoms with van der Waals surface area (Å²) >= 11 is 0. The first-order chi connectivity index (χ1) is 24.7. The van der Waals surface area contributed by atoms with E-state index in [1.54, 1.807) is 6.20 Å². The van der Waals surface area contributed by atoms with Crippen LogP contribution < -0.4 is 0 Å². The molecule has 2 aromatic heterocycles. The van der Waals surface area contributed by atoms with Crippen LogP contribution in [-0.4, -0.2) is 15.0 Å². The number of pyridine rings is 1. The number of aromatic nitrogens is 3. The molecule has 0 unspecified atom stereocenters. The van der Waals surface area contributed by atoms with Crippen LogP contribution in [0.1, 0.15) is 48.8 Å². The van der Waals surface area contributed by atoms with Crippen LogP contribution in [0.15, 0.2) is 146 Å². The largest absolute Gasteiger partial charge is 0.264 e. The maximum atomic E-state index is 9.88. The molecule has 0 bridgehead atoms. The van der Waals surface area contributed by atoms with E-state index in [2.05, 4.69) is 114 Å². The Morgan fingerprint density at radius 1 is 0.520 bits per heavy atom. The van der Waals surface area contributed by atoms with Crippen LogP contribution in [0, 0.1) is 11.3 Å². The van der Waals surface area contributed by atoms with Crippen LogP contribution in [0.3, 0.4) is 0 Å². The van der Waals surface area contributed by atoms with Crippen molar-refractivity contribution in [1.82, 2.24) is 15.0 Å². The highest BCUT2D eigenvalue weighted by atomic mass is 14.9. The summed E-state index contributed by atoms with van der Waals surface area (Å²) < 4.78 is 0.